The number of hydrogen-bond acceptors (Lipinski definition) is 4. The minimum atomic E-state index is 0.478. The number of aryl methyl sites for hydroxylation is 1. The Morgan fingerprint density at radius 2 is 2.10 bits per heavy atom. The Morgan fingerprint density at radius 3 is 2.76 bits per heavy atom. The fourth-order valence-corrected chi connectivity index (χ4v) is 3.19. The van der Waals surface area contributed by atoms with Crippen LogP contribution >= 0.6 is 22.9 Å². The molecule has 0 bridgehead atoms. The molecule has 0 saturated heterocycles. The minimum absolute atomic E-state index is 0.478. The molecular weight excluding hydrogens is 304 g/mol. The van der Waals surface area contributed by atoms with Gasteiger partial charge in [-0.1, -0.05) is 48.4 Å². The lowest BCUT2D eigenvalue weighted by molar-refractivity contribution is 0.769. The van der Waals surface area contributed by atoms with Gasteiger partial charge in [-0.15, -0.1) is 0 Å². The molecule has 0 unspecified atom stereocenters. The van der Waals surface area contributed by atoms with Crippen molar-refractivity contribution in [1.82, 2.24) is 14.6 Å². The Labute approximate surface area is 131 Å². The maximum absolute atomic E-state index is 9.43. The minimum Gasteiger partial charge on any atom is -0.216 e. The van der Waals surface area contributed by atoms with E-state index in [1.807, 2.05) is 12.1 Å². The van der Waals surface area contributed by atoms with Gasteiger partial charge >= 0.3 is 0 Å². The van der Waals surface area contributed by atoms with Crippen LogP contribution < -0.4 is 0 Å². The van der Waals surface area contributed by atoms with Crippen LogP contribution in [0.3, 0.4) is 0 Å². The molecule has 0 aliphatic heterocycles. The molecule has 106 valence electrons. The summed E-state index contributed by atoms with van der Waals surface area (Å²) in [5.74, 6) is 0. The highest BCUT2D eigenvalue weighted by atomic mass is 35.5. The van der Waals surface area contributed by atoms with Crippen LogP contribution in [0.1, 0.15) is 30.5 Å². The largest absolute Gasteiger partial charge is 0.216 e. The third-order valence-electron chi connectivity index (χ3n) is 3.21. The van der Waals surface area contributed by atoms with E-state index in [0.29, 0.717) is 16.4 Å². The number of benzene rings is 1. The summed E-state index contributed by atoms with van der Waals surface area (Å²) in [6.07, 6.45) is 3.16. The fourth-order valence-electron chi connectivity index (χ4n) is 2.13. The lowest BCUT2D eigenvalue weighted by atomic mass is 10.1. The molecule has 0 saturated carbocycles. The van der Waals surface area contributed by atoms with Crippen molar-refractivity contribution in [3.05, 3.63) is 40.0 Å². The van der Waals surface area contributed by atoms with Crippen LogP contribution in [-0.4, -0.2) is 14.6 Å². The second kappa shape index (κ2) is 5.84. The highest BCUT2D eigenvalue weighted by Gasteiger charge is 2.17. The molecule has 0 spiro atoms. The molecule has 3 aromatic rings. The number of fused-ring (bicyclic) bond motifs is 1. The van der Waals surface area contributed by atoms with Crippen molar-refractivity contribution < 1.29 is 0 Å². The smallest absolute Gasteiger partial charge is 0.214 e. The first-order valence-corrected chi connectivity index (χ1v) is 7.97. The van der Waals surface area contributed by atoms with Crippen LogP contribution in [0, 0.1) is 11.3 Å². The Morgan fingerprint density at radius 1 is 1.33 bits per heavy atom. The van der Waals surface area contributed by atoms with Gasteiger partial charge in [-0.05, 0) is 18.6 Å². The maximum atomic E-state index is 9.43. The second-order valence-electron chi connectivity index (χ2n) is 4.72. The molecule has 0 aliphatic carbocycles. The van der Waals surface area contributed by atoms with Crippen LogP contribution in [0.15, 0.2) is 24.3 Å². The van der Waals surface area contributed by atoms with Gasteiger partial charge in [-0.2, -0.15) is 14.9 Å². The van der Waals surface area contributed by atoms with Crippen LogP contribution in [-0.2, 0) is 6.42 Å². The van der Waals surface area contributed by atoms with E-state index < -0.39 is 0 Å². The predicted molar refractivity (Wildman–Crippen MR) is 84.6 cm³/mol. The maximum Gasteiger partial charge on any atom is 0.214 e. The first-order chi connectivity index (χ1) is 10.2. The Hall–Kier alpha value is -1.90. The van der Waals surface area contributed by atoms with Crippen molar-refractivity contribution in [2.45, 2.75) is 26.2 Å². The number of unbranched alkanes of at least 4 members (excludes halogenated alkanes) is 1. The van der Waals surface area contributed by atoms with Crippen molar-refractivity contribution >= 4 is 27.9 Å². The molecule has 2 aromatic heterocycles. The molecule has 0 N–H and O–H groups in total. The number of halogens is 1. The van der Waals surface area contributed by atoms with Gasteiger partial charge in [0, 0.05) is 17.0 Å². The van der Waals surface area contributed by atoms with Gasteiger partial charge < -0.3 is 0 Å². The zero-order valence-electron chi connectivity index (χ0n) is 11.5. The summed E-state index contributed by atoms with van der Waals surface area (Å²) in [6.45, 7) is 2.15. The average Bonchev–Trinajstić information content (AvgIpc) is 3.02. The molecule has 0 radical (unpaired) electrons. The lowest BCUT2D eigenvalue weighted by Gasteiger charge is -1.97. The van der Waals surface area contributed by atoms with E-state index in [4.69, 9.17) is 11.6 Å². The second-order valence-corrected chi connectivity index (χ2v) is 6.20. The number of imidazole rings is 1. The van der Waals surface area contributed by atoms with Gasteiger partial charge in [0.15, 0.2) is 5.69 Å². The van der Waals surface area contributed by atoms with E-state index >= 15 is 0 Å². The fraction of sp³-hybridized carbons (Fsp3) is 0.267. The number of hydrogen-bond donors (Lipinski definition) is 0. The monoisotopic (exact) mass is 316 g/mol. The predicted octanol–water partition coefficient (Wildman–Crippen LogP) is 4.33. The van der Waals surface area contributed by atoms with Gasteiger partial charge in [-0.25, -0.2) is 4.98 Å². The summed E-state index contributed by atoms with van der Waals surface area (Å²) in [7, 11) is 0. The summed E-state index contributed by atoms with van der Waals surface area (Å²) in [5.41, 5.74) is 2.02. The van der Waals surface area contributed by atoms with E-state index in [9.17, 15) is 5.26 Å². The third kappa shape index (κ3) is 2.65. The van der Waals surface area contributed by atoms with Crippen molar-refractivity contribution in [2.75, 3.05) is 0 Å². The molecule has 6 heteroatoms. The first-order valence-electron chi connectivity index (χ1n) is 6.77. The van der Waals surface area contributed by atoms with E-state index in [-0.39, 0.29) is 0 Å². The van der Waals surface area contributed by atoms with E-state index in [2.05, 4.69) is 23.1 Å². The van der Waals surface area contributed by atoms with Crippen LogP contribution in [0.4, 0.5) is 0 Å². The van der Waals surface area contributed by atoms with Crippen LogP contribution in [0.25, 0.3) is 16.2 Å². The zero-order chi connectivity index (χ0) is 14.8. The molecule has 1 aromatic carbocycles. The number of nitriles is 1. The van der Waals surface area contributed by atoms with Crippen LogP contribution in [0.2, 0.25) is 5.02 Å². The topological polar surface area (TPSA) is 54.0 Å². The SMILES string of the molecule is CCCCc1nn2c(C#N)c(-c3ccc(Cl)cc3)nc2s1. The molecule has 0 amide bonds. The number of aromatic nitrogens is 3. The number of nitrogens with zero attached hydrogens (tertiary/aromatic N) is 4. The molecule has 4 nitrogen and oxygen atoms in total. The zero-order valence-corrected chi connectivity index (χ0v) is 13.1. The van der Waals surface area contributed by atoms with Crippen molar-refractivity contribution in [2.24, 2.45) is 0 Å². The number of rotatable bonds is 4. The normalized spacial score (nSPS) is 10.9. The van der Waals surface area contributed by atoms with E-state index in [0.717, 1.165) is 34.8 Å². The van der Waals surface area contributed by atoms with Gasteiger partial charge in [-0.3, -0.25) is 0 Å². The summed E-state index contributed by atoms with van der Waals surface area (Å²) >= 11 is 7.45. The van der Waals surface area contributed by atoms with Gasteiger partial charge in [0.2, 0.25) is 4.96 Å². The first kappa shape index (κ1) is 14.1. The Kier molecular flexibility index (Phi) is 3.91. The van der Waals surface area contributed by atoms with Gasteiger partial charge in [0.25, 0.3) is 0 Å². The quantitative estimate of drug-likeness (QED) is 0.720. The van der Waals surface area contributed by atoms with Gasteiger partial charge in [0.05, 0.1) is 0 Å². The molecule has 0 fully saturated rings. The summed E-state index contributed by atoms with van der Waals surface area (Å²) in [6, 6.07) is 9.54. The molecule has 3 rings (SSSR count). The van der Waals surface area contributed by atoms with Crippen molar-refractivity contribution in [1.29, 1.82) is 5.26 Å². The lowest BCUT2D eigenvalue weighted by Crippen LogP contribution is -1.92. The average molecular weight is 317 g/mol. The summed E-state index contributed by atoms with van der Waals surface area (Å²) in [5, 5.41) is 15.6. The molecule has 0 aliphatic rings. The molecular formula is C15H13ClN4S. The van der Waals surface area contributed by atoms with Crippen molar-refractivity contribution in [3.8, 4) is 17.3 Å². The highest BCUT2D eigenvalue weighted by molar-refractivity contribution is 7.16. The molecule has 21 heavy (non-hydrogen) atoms. The van der Waals surface area contributed by atoms with Crippen LogP contribution in [0.5, 0.6) is 0 Å². The third-order valence-corrected chi connectivity index (χ3v) is 4.43. The van der Waals surface area contributed by atoms with E-state index in [1.54, 1.807) is 28.0 Å². The highest BCUT2D eigenvalue weighted by Crippen LogP contribution is 2.27. The summed E-state index contributed by atoms with van der Waals surface area (Å²) in [4.78, 5) is 5.33. The molecule has 2 heterocycles. The molecule has 0 atom stereocenters. The Balaban J connectivity index is 2.06. The summed E-state index contributed by atoms with van der Waals surface area (Å²) < 4.78 is 1.65. The van der Waals surface area contributed by atoms with E-state index in [1.165, 1.54) is 0 Å². The van der Waals surface area contributed by atoms with Gasteiger partial charge in [0.1, 0.15) is 16.8 Å². The van der Waals surface area contributed by atoms with Crippen molar-refractivity contribution in [3.63, 3.8) is 0 Å². The Bertz CT molecular complexity index is 811. The standard InChI is InChI=1S/C15H13ClN4S/c1-2-3-4-13-19-20-12(9-17)14(18-15(20)21-13)10-5-7-11(16)8-6-10/h5-8H,2-4H2,1H3.